The third kappa shape index (κ3) is 6.72. The molecular weight excluding hydrogens is 442 g/mol. The second-order valence-electron chi connectivity index (χ2n) is 8.90. The normalized spacial score (nSPS) is 15.1. The molecule has 182 valence electrons. The van der Waals surface area contributed by atoms with Gasteiger partial charge >= 0.3 is 0 Å². The van der Waals surface area contributed by atoms with Gasteiger partial charge in [0.05, 0.1) is 5.69 Å². The Balaban J connectivity index is 1.74. The molecule has 5 nitrogen and oxygen atoms in total. The summed E-state index contributed by atoms with van der Waals surface area (Å²) in [5, 5.41) is 0. The Kier molecular flexibility index (Phi) is 8.71. The van der Waals surface area contributed by atoms with Crippen molar-refractivity contribution < 1.29 is 0 Å². The number of likely N-dealkylation sites (N-methyl/N-ethyl adjacent to an activating group) is 1. The monoisotopic (exact) mass is 475 g/mol. The molecule has 4 rings (SSSR count). The van der Waals surface area contributed by atoms with Crippen molar-refractivity contribution in [2.75, 3.05) is 13.6 Å². The van der Waals surface area contributed by atoms with Gasteiger partial charge in [0.1, 0.15) is 0 Å². The predicted molar refractivity (Wildman–Crippen MR) is 151 cm³/mol. The van der Waals surface area contributed by atoms with E-state index in [-0.39, 0.29) is 0 Å². The van der Waals surface area contributed by atoms with Crippen LogP contribution >= 0.6 is 0 Å². The van der Waals surface area contributed by atoms with Crippen LogP contribution in [0.15, 0.2) is 107 Å². The minimum atomic E-state index is 0.568. The molecule has 2 aromatic heterocycles. The second-order valence-corrected chi connectivity index (χ2v) is 8.90. The molecule has 1 aliphatic rings. The molecule has 0 saturated heterocycles. The third-order valence-corrected chi connectivity index (χ3v) is 6.05. The smallest absolute Gasteiger partial charge is 0.160 e. The number of pyridine rings is 2. The van der Waals surface area contributed by atoms with Crippen molar-refractivity contribution in [3.63, 3.8) is 0 Å². The summed E-state index contributed by atoms with van der Waals surface area (Å²) in [5.41, 5.74) is 7.71. The molecule has 3 aromatic rings. The van der Waals surface area contributed by atoms with Gasteiger partial charge in [0.25, 0.3) is 0 Å². The molecule has 5 heteroatoms. The summed E-state index contributed by atoms with van der Waals surface area (Å²) in [6.07, 6.45) is 18.1. The molecule has 0 N–H and O–H groups in total. The number of aromatic nitrogens is 2. The lowest BCUT2D eigenvalue weighted by molar-refractivity contribution is 0.523. The highest BCUT2D eigenvalue weighted by atomic mass is 15.1. The zero-order valence-corrected chi connectivity index (χ0v) is 21.1. The van der Waals surface area contributed by atoms with Crippen LogP contribution in [0.5, 0.6) is 0 Å². The second kappa shape index (κ2) is 12.5. The van der Waals surface area contributed by atoms with Gasteiger partial charge in [-0.3, -0.25) is 9.97 Å². The van der Waals surface area contributed by atoms with Crippen molar-refractivity contribution in [2.24, 2.45) is 9.98 Å². The molecule has 0 amide bonds. The highest BCUT2D eigenvalue weighted by molar-refractivity contribution is 6.02. The van der Waals surface area contributed by atoms with Crippen LogP contribution < -0.4 is 0 Å². The van der Waals surface area contributed by atoms with E-state index in [2.05, 4.69) is 89.2 Å². The predicted octanol–water partition coefficient (Wildman–Crippen LogP) is 6.61. The van der Waals surface area contributed by atoms with Gasteiger partial charge < -0.3 is 4.90 Å². The van der Waals surface area contributed by atoms with E-state index in [0.29, 0.717) is 5.84 Å². The maximum Gasteiger partial charge on any atom is 0.160 e. The summed E-state index contributed by atoms with van der Waals surface area (Å²) in [6, 6.07) is 16.4. The van der Waals surface area contributed by atoms with Crippen molar-refractivity contribution in [1.29, 1.82) is 0 Å². The fourth-order valence-corrected chi connectivity index (χ4v) is 4.15. The highest BCUT2D eigenvalue weighted by Crippen LogP contribution is 2.29. The number of nitrogens with zero attached hydrogens (tertiary/aromatic N) is 5. The number of hydrogen-bond acceptors (Lipinski definition) is 4. The Hall–Kier alpha value is -4.12. The average molecular weight is 476 g/mol. The quantitative estimate of drug-likeness (QED) is 0.258. The van der Waals surface area contributed by atoms with Gasteiger partial charge in [0, 0.05) is 43.4 Å². The molecule has 0 aliphatic carbocycles. The Labute approximate surface area is 214 Å². The van der Waals surface area contributed by atoms with Crippen LogP contribution in [0.1, 0.15) is 42.1 Å². The first-order valence-corrected chi connectivity index (χ1v) is 12.4. The van der Waals surface area contributed by atoms with E-state index in [1.165, 1.54) is 16.7 Å². The van der Waals surface area contributed by atoms with Gasteiger partial charge in [-0.05, 0) is 103 Å². The minimum Gasteiger partial charge on any atom is -0.376 e. The molecule has 36 heavy (non-hydrogen) atoms. The summed E-state index contributed by atoms with van der Waals surface area (Å²) in [5.74, 6) is 0.568. The van der Waals surface area contributed by atoms with E-state index in [9.17, 15) is 0 Å². The van der Waals surface area contributed by atoms with Gasteiger partial charge in [0.2, 0.25) is 0 Å². The molecule has 0 bridgehead atoms. The molecule has 0 radical (unpaired) electrons. The first-order chi connectivity index (χ1) is 17.7. The topological polar surface area (TPSA) is 53.7 Å². The van der Waals surface area contributed by atoms with Crippen molar-refractivity contribution in [3.05, 3.63) is 120 Å². The Morgan fingerprint density at radius 3 is 2.69 bits per heavy atom. The Morgan fingerprint density at radius 2 is 2.00 bits per heavy atom. The lowest BCUT2D eigenvalue weighted by Gasteiger charge is -2.12. The first kappa shape index (κ1) is 25.0. The summed E-state index contributed by atoms with van der Waals surface area (Å²) < 4.78 is 0. The number of hydrogen-bond donors (Lipinski definition) is 0. The number of aliphatic imine (C=N–C) groups is 2. The molecule has 0 saturated carbocycles. The molecular formula is C31H33N5. The SMILES string of the molecule is C=NC(=Nc1ccc(C(/C=C2/C=CN(C)C2)=C/CCC)cc1CCc1ccccn1)c1cccnc1. The van der Waals surface area contributed by atoms with Crippen LogP contribution in [0.25, 0.3) is 5.57 Å². The molecule has 0 atom stereocenters. The first-order valence-electron chi connectivity index (χ1n) is 12.4. The Morgan fingerprint density at radius 1 is 1.08 bits per heavy atom. The standard InChI is InChI=1S/C31H33N5/c1-4-5-9-25(20-24-16-19-36(3)23-24)26-13-15-30(35-31(32-2)28-10-8-17-33-22-28)27(21-26)12-14-29-11-6-7-18-34-29/h6-11,13,15-22H,2,4-5,12,14,23H2,1,3H3/b24-20-,25-9+,35-31?. The van der Waals surface area contributed by atoms with Crippen molar-refractivity contribution in [3.8, 4) is 0 Å². The highest BCUT2D eigenvalue weighted by Gasteiger charge is 2.11. The Bertz CT molecular complexity index is 1290. The van der Waals surface area contributed by atoms with E-state index in [1.807, 2.05) is 30.5 Å². The molecule has 0 spiro atoms. The van der Waals surface area contributed by atoms with Gasteiger partial charge in [-0.15, -0.1) is 0 Å². The van der Waals surface area contributed by atoms with Gasteiger partial charge in [-0.1, -0.05) is 31.6 Å². The maximum atomic E-state index is 4.91. The van der Waals surface area contributed by atoms with Crippen LogP contribution in [-0.2, 0) is 12.8 Å². The lowest BCUT2D eigenvalue weighted by Crippen LogP contribution is -2.06. The third-order valence-electron chi connectivity index (χ3n) is 6.05. The van der Waals surface area contributed by atoms with Crippen molar-refractivity contribution in [2.45, 2.75) is 32.6 Å². The van der Waals surface area contributed by atoms with E-state index in [1.54, 1.807) is 12.4 Å². The van der Waals surface area contributed by atoms with E-state index >= 15 is 0 Å². The minimum absolute atomic E-state index is 0.568. The van der Waals surface area contributed by atoms with Crippen LogP contribution in [0.3, 0.4) is 0 Å². The van der Waals surface area contributed by atoms with E-state index < -0.39 is 0 Å². The van der Waals surface area contributed by atoms with Gasteiger partial charge in [-0.2, -0.15) is 0 Å². The summed E-state index contributed by atoms with van der Waals surface area (Å²) in [7, 11) is 2.10. The van der Waals surface area contributed by atoms with Crippen molar-refractivity contribution in [1.82, 2.24) is 14.9 Å². The van der Waals surface area contributed by atoms with E-state index in [4.69, 9.17) is 4.99 Å². The van der Waals surface area contributed by atoms with Crippen molar-refractivity contribution >= 4 is 23.8 Å². The number of allylic oxidation sites excluding steroid dienone is 3. The number of aryl methyl sites for hydroxylation is 2. The van der Waals surface area contributed by atoms with Gasteiger partial charge in [-0.25, -0.2) is 9.98 Å². The summed E-state index contributed by atoms with van der Waals surface area (Å²) in [4.78, 5) is 20.0. The maximum absolute atomic E-state index is 4.91. The zero-order chi connectivity index (χ0) is 25.2. The molecule has 1 aliphatic heterocycles. The lowest BCUT2D eigenvalue weighted by atomic mass is 9.96. The van der Waals surface area contributed by atoms with E-state index in [0.717, 1.165) is 54.7 Å². The molecule has 0 fully saturated rings. The van der Waals surface area contributed by atoms with Crippen LogP contribution in [0.2, 0.25) is 0 Å². The fourth-order valence-electron chi connectivity index (χ4n) is 4.15. The molecule has 1 aromatic carbocycles. The van der Waals surface area contributed by atoms with Gasteiger partial charge in [0.15, 0.2) is 5.84 Å². The number of unbranched alkanes of at least 4 members (excludes halogenated alkanes) is 1. The number of amidine groups is 1. The molecule has 0 unspecified atom stereocenters. The number of benzene rings is 1. The summed E-state index contributed by atoms with van der Waals surface area (Å²) in [6.45, 7) is 6.89. The number of rotatable bonds is 9. The molecule has 3 heterocycles. The largest absolute Gasteiger partial charge is 0.376 e. The van der Waals surface area contributed by atoms with Crippen LogP contribution in [-0.4, -0.2) is 41.0 Å². The van der Waals surface area contributed by atoms with Crippen LogP contribution in [0, 0.1) is 0 Å². The fraction of sp³-hybridized carbons (Fsp3) is 0.226. The summed E-state index contributed by atoms with van der Waals surface area (Å²) >= 11 is 0. The zero-order valence-electron chi connectivity index (χ0n) is 21.1. The van der Waals surface area contributed by atoms with Crippen LogP contribution in [0.4, 0.5) is 5.69 Å². The average Bonchev–Trinajstić information content (AvgIpc) is 3.34.